The fourth-order valence-corrected chi connectivity index (χ4v) is 4.78. The van der Waals surface area contributed by atoms with E-state index in [1.54, 1.807) is 37.7 Å². The number of thioether (sulfide) groups is 1. The van der Waals surface area contributed by atoms with E-state index < -0.39 is 10.0 Å². The van der Waals surface area contributed by atoms with Crippen molar-refractivity contribution in [2.45, 2.75) is 38.2 Å². The maximum atomic E-state index is 12.1. The predicted octanol–water partition coefficient (Wildman–Crippen LogP) is 0.793. The first-order chi connectivity index (χ1) is 10.9. The lowest BCUT2D eigenvalue weighted by molar-refractivity contribution is -0.122. The van der Waals surface area contributed by atoms with Gasteiger partial charge in [-0.1, -0.05) is 24.3 Å². The van der Waals surface area contributed by atoms with E-state index in [2.05, 4.69) is 15.4 Å². The van der Waals surface area contributed by atoms with Gasteiger partial charge in [0.25, 0.3) is 0 Å². The highest BCUT2D eigenvalue weighted by molar-refractivity contribution is 7.99. The summed E-state index contributed by atoms with van der Waals surface area (Å²) in [5.41, 5.74) is 1.52. The number of carbonyl (C=O) groups excluding carboxylic acids is 1. The van der Waals surface area contributed by atoms with Crippen molar-refractivity contribution in [1.29, 1.82) is 0 Å². The molecule has 0 aromatic heterocycles. The third-order valence-electron chi connectivity index (χ3n) is 3.37. The molecular formula is C15H23N3O3S2. The van der Waals surface area contributed by atoms with Crippen molar-refractivity contribution >= 4 is 27.7 Å². The molecule has 23 heavy (non-hydrogen) atoms. The Labute approximate surface area is 141 Å². The van der Waals surface area contributed by atoms with E-state index in [1.165, 1.54) is 0 Å². The zero-order valence-electron chi connectivity index (χ0n) is 13.3. The van der Waals surface area contributed by atoms with E-state index in [9.17, 15) is 13.2 Å². The van der Waals surface area contributed by atoms with Crippen LogP contribution in [0.15, 0.2) is 24.3 Å². The molecule has 1 aliphatic rings. The van der Waals surface area contributed by atoms with Gasteiger partial charge in [-0.3, -0.25) is 10.1 Å². The van der Waals surface area contributed by atoms with Gasteiger partial charge in [0.15, 0.2) is 0 Å². The highest BCUT2D eigenvalue weighted by Crippen LogP contribution is 2.13. The lowest BCUT2D eigenvalue weighted by Gasteiger charge is -2.14. The smallest absolute Gasteiger partial charge is 0.238 e. The van der Waals surface area contributed by atoms with Crippen LogP contribution >= 0.6 is 11.8 Å². The summed E-state index contributed by atoms with van der Waals surface area (Å²) < 4.78 is 26.8. The van der Waals surface area contributed by atoms with Gasteiger partial charge >= 0.3 is 0 Å². The molecule has 0 spiro atoms. The molecule has 1 amide bonds. The van der Waals surface area contributed by atoms with Crippen molar-refractivity contribution in [3.8, 4) is 0 Å². The maximum absolute atomic E-state index is 12.1. The maximum Gasteiger partial charge on any atom is 0.238 e. The lowest BCUT2D eigenvalue weighted by Crippen LogP contribution is -2.41. The molecular weight excluding hydrogens is 334 g/mol. The highest BCUT2D eigenvalue weighted by Gasteiger charge is 2.22. The van der Waals surface area contributed by atoms with Gasteiger partial charge in [-0.25, -0.2) is 13.1 Å². The molecule has 128 valence electrons. The number of carbonyl (C=O) groups is 1. The quantitative estimate of drug-likeness (QED) is 0.672. The second-order valence-corrected chi connectivity index (χ2v) is 8.57. The standard InChI is InChI=1S/C15H23N3O3S2/c1-11(2)18-23(20,21)9-13-6-4-3-5-12(13)7-16-15(19)14-8-22-10-17-14/h3-6,11,14,17-18H,7-10H2,1-2H3,(H,16,19). The Kier molecular flexibility index (Phi) is 6.46. The molecule has 0 bridgehead atoms. The molecule has 1 aliphatic heterocycles. The molecule has 8 heteroatoms. The van der Waals surface area contributed by atoms with Gasteiger partial charge in [-0.2, -0.15) is 0 Å². The molecule has 1 fully saturated rings. The number of rotatable bonds is 7. The van der Waals surface area contributed by atoms with Gasteiger partial charge in [0, 0.05) is 24.2 Å². The Bertz CT molecular complexity index is 641. The Balaban J connectivity index is 2.01. The van der Waals surface area contributed by atoms with Crippen LogP contribution in [0.25, 0.3) is 0 Å². The predicted molar refractivity (Wildman–Crippen MR) is 93.4 cm³/mol. The fraction of sp³-hybridized carbons (Fsp3) is 0.533. The molecule has 0 saturated carbocycles. The van der Waals surface area contributed by atoms with Crippen molar-refractivity contribution in [1.82, 2.24) is 15.4 Å². The van der Waals surface area contributed by atoms with E-state index in [0.717, 1.165) is 17.2 Å². The van der Waals surface area contributed by atoms with Crippen LogP contribution in [0.4, 0.5) is 0 Å². The number of benzene rings is 1. The number of nitrogens with one attached hydrogen (secondary N) is 3. The number of amides is 1. The van der Waals surface area contributed by atoms with Crippen molar-refractivity contribution in [2.24, 2.45) is 0 Å². The SMILES string of the molecule is CC(C)NS(=O)(=O)Cc1ccccc1CNC(=O)C1CSCN1. The van der Waals surface area contributed by atoms with E-state index in [4.69, 9.17) is 0 Å². The molecule has 6 nitrogen and oxygen atoms in total. The summed E-state index contributed by atoms with van der Waals surface area (Å²) in [4.78, 5) is 12.0. The molecule has 2 rings (SSSR count). The molecule has 1 saturated heterocycles. The van der Waals surface area contributed by atoms with Gasteiger partial charge in [0.05, 0.1) is 11.8 Å². The minimum Gasteiger partial charge on any atom is -0.351 e. The summed E-state index contributed by atoms with van der Waals surface area (Å²) in [7, 11) is -3.39. The third kappa shape index (κ3) is 5.80. The minimum absolute atomic E-state index is 0.0482. The molecule has 0 radical (unpaired) electrons. The zero-order chi connectivity index (χ0) is 16.9. The lowest BCUT2D eigenvalue weighted by atomic mass is 10.1. The van der Waals surface area contributed by atoms with E-state index >= 15 is 0 Å². The van der Waals surface area contributed by atoms with Crippen LogP contribution in [-0.2, 0) is 27.1 Å². The molecule has 0 aliphatic carbocycles. The Morgan fingerprint density at radius 2 is 2.04 bits per heavy atom. The van der Waals surface area contributed by atoms with Crippen molar-refractivity contribution in [3.63, 3.8) is 0 Å². The molecule has 3 N–H and O–H groups in total. The van der Waals surface area contributed by atoms with Crippen molar-refractivity contribution in [3.05, 3.63) is 35.4 Å². The normalized spacial score (nSPS) is 18.3. The summed E-state index contributed by atoms with van der Waals surface area (Å²) >= 11 is 1.69. The largest absolute Gasteiger partial charge is 0.351 e. The molecule has 1 unspecified atom stereocenters. The summed E-state index contributed by atoms with van der Waals surface area (Å²) in [6, 6.07) is 6.97. The molecule has 1 atom stereocenters. The summed E-state index contributed by atoms with van der Waals surface area (Å²) in [5.74, 6) is 1.41. The zero-order valence-corrected chi connectivity index (χ0v) is 15.0. The van der Waals surface area contributed by atoms with Gasteiger partial charge in [-0.15, -0.1) is 11.8 Å². The highest BCUT2D eigenvalue weighted by atomic mass is 32.2. The molecule has 1 aromatic carbocycles. The summed E-state index contributed by atoms with van der Waals surface area (Å²) in [6.07, 6.45) is 0. The molecule has 1 aromatic rings. The second-order valence-electron chi connectivity index (χ2n) is 5.79. The number of hydrogen-bond acceptors (Lipinski definition) is 5. The van der Waals surface area contributed by atoms with Crippen LogP contribution in [0.3, 0.4) is 0 Å². The van der Waals surface area contributed by atoms with Crippen LogP contribution in [0.2, 0.25) is 0 Å². The number of hydrogen-bond donors (Lipinski definition) is 3. The van der Waals surface area contributed by atoms with Crippen molar-refractivity contribution in [2.75, 3.05) is 11.6 Å². The van der Waals surface area contributed by atoms with Crippen molar-refractivity contribution < 1.29 is 13.2 Å². The number of sulfonamides is 1. The van der Waals surface area contributed by atoms with Crippen LogP contribution in [0.1, 0.15) is 25.0 Å². The van der Waals surface area contributed by atoms with Gasteiger partial charge < -0.3 is 5.32 Å². The average Bonchev–Trinajstić information content (AvgIpc) is 2.98. The Morgan fingerprint density at radius 3 is 2.65 bits per heavy atom. The van der Waals surface area contributed by atoms with E-state index in [-0.39, 0.29) is 23.7 Å². The first-order valence-electron chi connectivity index (χ1n) is 7.53. The minimum atomic E-state index is -3.39. The topological polar surface area (TPSA) is 87.3 Å². The summed E-state index contributed by atoms with van der Waals surface area (Å²) in [5, 5.41) is 5.99. The molecule has 1 heterocycles. The Hall–Kier alpha value is -1.09. The first-order valence-corrected chi connectivity index (χ1v) is 10.3. The van der Waals surface area contributed by atoms with E-state index in [1.807, 2.05) is 12.1 Å². The summed E-state index contributed by atoms with van der Waals surface area (Å²) in [6.45, 7) is 3.90. The van der Waals surface area contributed by atoms with Gasteiger partial charge in [0.1, 0.15) is 0 Å². The van der Waals surface area contributed by atoms with Crippen LogP contribution < -0.4 is 15.4 Å². The van der Waals surface area contributed by atoms with E-state index in [0.29, 0.717) is 12.1 Å². The van der Waals surface area contributed by atoms with Crippen LogP contribution in [0, 0.1) is 0 Å². The van der Waals surface area contributed by atoms with Gasteiger partial charge in [0.2, 0.25) is 15.9 Å². The first kappa shape index (κ1) is 18.3. The van der Waals surface area contributed by atoms with Crippen LogP contribution in [0.5, 0.6) is 0 Å². The second kappa shape index (κ2) is 8.14. The fourth-order valence-electron chi connectivity index (χ4n) is 2.35. The van der Waals surface area contributed by atoms with Crippen LogP contribution in [-0.4, -0.2) is 38.0 Å². The van der Waals surface area contributed by atoms with Gasteiger partial charge in [-0.05, 0) is 25.0 Å². The monoisotopic (exact) mass is 357 g/mol. The third-order valence-corrected chi connectivity index (χ3v) is 5.83. The average molecular weight is 358 g/mol. The Morgan fingerprint density at radius 1 is 1.35 bits per heavy atom.